The molecule has 1 aliphatic carbocycles. The molecule has 0 aromatic heterocycles. The zero-order valence-corrected chi connectivity index (χ0v) is 11.0. The van der Waals surface area contributed by atoms with Crippen molar-refractivity contribution < 1.29 is 9.53 Å². The van der Waals surface area contributed by atoms with Crippen LogP contribution in [0.15, 0.2) is 18.2 Å². The van der Waals surface area contributed by atoms with E-state index in [1.54, 1.807) is 25.3 Å². The molecule has 0 saturated heterocycles. The van der Waals surface area contributed by atoms with Crippen molar-refractivity contribution in [2.45, 2.75) is 31.7 Å². The molecule has 98 valence electrons. The van der Waals surface area contributed by atoms with Crippen LogP contribution < -0.4 is 10.5 Å². The Morgan fingerprint density at radius 2 is 2.06 bits per heavy atom. The molecule has 1 aliphatic rings. The number of hydrogen-bond donors (Lipinski definition) is 1. The van der Waals surface area contributed by atoms with Gasteiger partial charge in [-0.1, -0.05) is 12.8 Å². The van der Waals surface area contributed by atoms with Gasteiger partial charge in [0.25, 0.3) is 5.91 Å². The van der Waals surface area contributed by atoms with Gasteiger partial charge < -0.3 is 15.4 Å². The van der Waals surface area contributed by atoms with E-state index in [9.17, 15) is 4.79 Å². The van der Waals surface area contributed by atoms with Gasteiger partial charge in [-0.2, -0.15) is 0 Å². The van der Waals surface area contributed by atoms with Crippen molar-refractivity contribution in [1.29, 1.82) is 0 Å². The topological polar surface area (TPSA) is 55.6 Å². The SMILES string of the molecule is COc1ccc(C(=O)N(C)C2CCCC2)cc1N. The van der Waals surface area contributed by atoms with E-state index in [2.05, 4.69) is 0 Å². The van der Waals surface area contributed by atoms with E-state index in [-0.39, 0.29) is 5.91 Å². The van der Waals surface area contributed by atoms with Crippen LogP contribution in [-0.2, 0) is 0 Å². The van der Waals surface area contributed by atoms with Crippen molar-refractivity contribution in [3.63, 3.8) is 0 Å². The van der Waals surface area contributed by atoms with E-state index in [0.29, 0.717) is 23.0 Å². The molecule has 0 radical (unpaired) electrons. The monoisotopic (exact) mass is 248 g/mol. The predicted molar refractivity (Wildman–Crippen MR) is 71.8 cm³/mol. The Bertz CT molecular complexity index is 439. The highest BCUT2D eigenvalue weighted by molar-refractivity contribution is 5.95. The molecular formula is C14H20N2O2. The van der Waals surface area contributed by atoms with E-state index < -0.39 is 0 Å². The molecule has 1 aromatic carbocycles. The molecule has 0 aliphatic heterocycles. The summed E-state index contributed by atoms with van der Waals surface area (Å²) in [6.07, 6.45) is 4.64. The number of carbonyl (C=O) groups excluding carboxylic acids is 1. The summed E-state index contributed by atoms with van der Waals surface area (Å²) in [6.45, 7) is 0. The lowest BCUT2D eigenvalue weighted by molar-refractivity contribution is 0.0735. The molecule has 1 saturated carbocycles. The zero-order valence-electron chi connectivity index (χ0n) is 11.0. The molecule has 2 rings (SSSR count). The van der Waals surface area contributed by atoms with Gasteiger partial charge in [0.05, 0.1) is 12.8 Å². The first-order valence-corrected chi connectivity index (χ1v) is 6.34. The highest BCUT2D eigenvalue weighted by atomic mass is 16.5. The third-order valence-corrected chi connectivity index (χ3v) is 3.67. The second kappa shape index (κ2) is 5.29. The van der Waals surface area contributed by atoms with Crippen LogP contribution >= 0.6 is 0 Å². The number of rotatable bonds is 3. The molecule has 0 spiro atoms. The summed E-state index contributed by atoms with van der Waals surface area (Å²) in [5.74, 6) is 0.645. The number of benzene rings is 1. The van der Waals surface area contributed by atoms with Crippen molar-refractivity contribution in [3.05, 3.63) is 23.8 Å². The van der Waals surface area contributed by atoms with Crippen LogP contribution in [0.5, 0.6) is 5.75 Å². The molecule has 4 nitrogen and oxygen atoms in total. The minimum Gasteiger partial charge on any atom is -0.495 e. The third kappa shape index (κ3) is 2.42. The molecule has 2 N–H and O–H groups in total. The summed E-state index contributed by atoms with van der Waals surface area (Å²) < 4.78 is 5.09. The molecule has 1 fully saturated rings. The van der Waals surface area contributed by atoms with Crippen LogP contribution in [0.25, 0.3) is 0 Å². The molecule has 4 heteroatoms. The lowest BCUT2D eigenvalue weighted by Gasteiger charge is -2.24. The number of nitrogens with zero attached hydrogens (tertiary/aromatic N) is 1. The maximum absolute atomic E-state index is 12.3. The fourth-order valence-corrected chi connectivity index (χ4v) is 2.53. The quantitative estimate of drug-likeness (QED) is 0.835. The maximum atomic E-state index is 12.3. The summed E-state index contributed by atoms with van der Waals surface area (Å²) in [4.78, 5) is 14.2. The van der Waals surface area contributed by atoms with Gasteiger partial charge in [-0.15, -0.1) is 0 Å². The Labute approximate surface area is 108 Å². The number of hydrogen-bond acceptors (Lipinski definition) is 3. The van der Waals surface area contributed by atoms with Gasteiger partial charge in [-0.25, -0.2) is 0 Å². The van der Waals surface area contributed by atoms with E-state index in [0.717, 1.165) is 12.8 Å². The van der Waals surface area contributed by atoms with Gasteiger partial charge in [-0.3, -0.25) is 4.79 Å². The van der Waals surface area contributed by atoms with E-state index in [1.165, 1.54) is 12.8 Å². The van der Waals surface area contributed by atoms with Gasteiger partial charge in [-0.05, 0) is 31.0 Å². The fourth-order valence-electron chi connectivity index (χ4n) is 2.53. The Balaban J connectivity index is 2.15. The van der Waals surface area contributed by atoms with Crippen LogP contribution in [0, 0.1) is 0 Å². The summed E-state index contributed by atoms with van der Waals surface area (Å²) in [7, 11) is 3.44. The number of nitrogens with two attached hydrogens (primary N) is 1. The van der Waals surface area contributed by atoms with Crippen molar-refractivity contribution in [2.24, 2.45) is 0 Å². The van der Waals surface area contributed by atoms with E-state index in [1.807, 2.05) is 11.9 Å². The summed E-state index contributed by atoms with van der Waals surface area (Å²) in [5.41, 5.74) is 6.96. The standard InChI is InChI=1S/C14H20N2O2/c1-16(11-5-3-4-6-11)14(17)10-7-8-13(18-2)12(15)9-10/h7-9,11H,3-6,15H2,1-2H3. The minimum absolute atomic E-state index is 0.0382. The Morgan fingerprint density at radius 1 is 1.39 bits per heavy atom. The number of nitrogen functional groups attached to an aromatic ring is 1. The average molecular weight is 248 g/mol. The van der Waals surface area contributed by atoms with Gasteiger partial charge in [0.1, 0.15) is 5.75 Å². The Morgan fingerprint density at radius 3 is 2.61 bits per heavy atom. The largest absolute Gasteiger partial charge is 0.495 e. The number of carbonyl (C=O) groups is 1. The number of methoxy groups -OCH3 is 1. The average Bonchev–Trinajstić information content (AvgIpc) is 2.90. The van der Waals surface area contributed by atoms with Crippen LogP contribution in [0.3, 0.4) is 0 Å². The molecule has 18 heavy (non-hydrogen) atoms. The summed E-state index contributed by atoms with van der Waals surface area (Å²) in [5, 5.41) is 0. The van der Waals surface area contributed by atoms with E-state index >= 15 is 0 Å². The molecular weight excluding hydrogens is 228 g/mol. The molecule has 0 atom stereocenters. The van der Waals surface area contributed by atoms with Crippen molar-refractivity contribution in [2.75, 3.05) is 19.9 Å². The van der Waals surface area contributed by atoms with Crippen molar-refractivity contribution in [1.82, 2.24) is 4.90 Å². The normalized spacial score (nSPS) is 15.7. The van der Waals surface area contributed by atoms with Gasteiger partial charge >= 0.3 is 0 Å². The maximum Gasteiger partial charge on any atom is 0.253 e. The molecule has 0 unspecified atom stereocenters. The van der Waals surface area contributed by atoms with Crippen molar-refractivity contribution >= 4 is 11.6 Å². The lowest BCUT2D eigenvalue weighted by atomic mass is 10.1. The Hall–Kier alpha value is -1.71. The highest BCUT2D eigenvalue weighted by Gasteiger charge is 2.24. The number of anilines is 1. The number of ether oxygens (including phenoxy) is 1. The first-order valence-electron chi connectivity index (χ1n) is 6.34. The van der Waals surface area contributed by atoms with Gasteiger partial charge in [0, 0.05) is 18.7 Å². The first kappa shape index (κ1) is 12.7. The zero-order chi connectivity index (χ0) is 13.1. The van der Waals surface area contributed by atoms with Crippen LogP contribution in [0.1, 0.15) is 36.0 Å². The summed E-state index contributed by atoms with van der Waals surface area (Å²) in [6, 6.07) is 5.57. The number of amides is 1. The molecule has 1 amide bonds. The van der Waals surface area contributed by atoms with E-state index in [4.69, 9.17) is 10.5 Å². The first-order chi connectivity index (χ1) is 8.63. The minimum atomic E-state index is 0.0382. The van der Waals surface area contributed by atoms with Gasteiger partial charge in [0.2, 0.25) is 0 Å². The highest BCUT2D eigenvalue weighted by Crippen LogP contribution is 2.26. The lowest BCUT2D eigenvalue weighted by Crippen LogP contribution is -2.35. The second-order valence-electron chi connectivity index (χ2n) is 4.81. The Kier molecular flexibility index (Phi) is 3.75. The molecule has 0 heterocycles. The smallest absolute Gasteiger partial charge is 0.253 e. The summed E-state index contributed by atoms with van der Waals surface area (Å²) >= 11 is 0. The molecule has 1 aromatic rings. The predicted octanol–water partition coefficient (Wildman–Crippen LogP) is 2.29. The van der Waals surface area contributed by atoms with Crippen molar-refractivity contribution in [3.8, 4) is 5.75 Å². The van der Waals surface area contributed by atoms with Crippen LogP contribution in [0.4, 0.5) is 5.69 Å². The van der Waals surface area contributed by atoms with Crippen LogP contribution in [-0.4, -0.2) is 31.0 Å². The second-order valence-corrected chi connectivity index (χ2v) is 4.81. The van der Waals surface area contributed by atoms with Crippen LogP contribution in [0.2, 0.25) is 0 Å². The fraction of sp³-hybridized carbons (Fsp3) is 0.500. The third-order valence-electron chi connectivity index (χ3n) is 3.67. The van der Waals surface area contributed by atoms with Gasteiger partial charge in [0.15, 0.2) is 0 Å². The molecule has 0 bridgehead atoms.